The van der Waals surface area contributed by atoms with Gasteiger partial charge in [-0.2, -0.15) is 0 Å². The molecule has 9 nitrogen and oxygen atoms in total. The number of amides is 3. The van der Waals surface area contributed by atoms with Gasteiger partial charge in [-0.25, -0.2) is 14.6 Å². The molecule has 0 aliphatic carbocycles. The maximum Gasteiger partial charge on any atom is 0.320 e. The van der Waals surface area contributed by atoms with Gasteiger partial charge in [0, 0.05) is 12.2 Å². The molecule has 1 aliphatic heterocycles. The standard InChI is InChI=1S/C21H22N6O3S/c1-13-11-14(5-7-16(13)22-4)26-18(29)21(2,3)27(20(26)31)15-6-8-17(24-12-15)25-19(30)23-9-10-28/h5-8,11-12,28H,9-10H2,1-3H3,(H2,23,24,25,30). The predicted octanol–water partition coefficient (Wildman–Crippen LogP) is 2.97. The molecule has 0 spiro atoms. The molecule has 2 heterocycles. The highest BCUT2D eigenvalue weighted by Gasteiger charge is 2.50. The van der Waals surface area contributed by atoms with E-state index in [1.807, 2.05) is 6.92 Å². The Labute approximate surface area is 185 Å². The summed E-state index contributed by atoms with van der Waals surface area (Å²) in [4.78, 5) is 35.8. The third kappa shape index (κ3) is 4.19. The first kappa shape index (κ1) is 22.1. The summed E-state index contributed by atoms with van der Waals surface area (Å²) in [7, 11) is 0. The van der Waals surface area contributed by atoms with E-state index in [2.05, 4.69) is 20.5 Å². The molecule has 2 aromatic rings. The Morgan fingerprint density at radius 1 is 1.29 bits per heavy atom. The first-order chi connectivity index (χ1) is 14.7. The van der Waals surface area contributed by atoms with Crippen molar-refractivity contribution in [3.05, 3.63) is 53.5 Å². The second-order valence-electron chi connectivity index (χ2n) is 7.41. The fraction of sp³-hybridized carbons (Fsp3) is 0.286. The summed E-state index contributed by atoms with van der Waals surface area (Å²) in [5.41, 5.74) is 1.52. The number of nitrogens with zero attached hydrogens (tertiary/aromatic N) is 4. The second-order valence-corrected chi connectivity index (χ2v) is 7.77. The zero-order valence-electron chi connectivity index (χ0n) is 17.3. The number of carbonyl (C=O) groups excluding carboxylic acids is 2. The zero-order valence-corrected chi connectivity index (χ0v) is 18.2. The van der Waals surface area contributed by atoms with Crippen LogP contribution in [0.15, 0.2) is 36.5 Å². The molecule has 0 atom stereocenters. The minimum Gasteiger partial charge on any atom is -0.395 e. The van der Waals surface area contributed by atoms with Crippen LogP contribution in [0.2, 0.25) is 0 Å². The van der Waals surface area contributed by atoms with Crippen molar-refractivity contribution in [1.82, 2.24) is 10.3 Å². The molecule has 0 saturated carbocycles. The number of thiocarbonyl (C=S) groups is 1. The number of aryl methyl sites for hydroxylation is 1. The fourth-order valence-electron chi connectivity index (χ4n) is 3.28. The summed E-state index contributed by atoms with van der Waals surface area (Å²) in [6.45, 7) is 12.5. The van der Waals surface area contributed by atoms with E-state index in [1.165, 1.54) is 11.1 Å². The predicted molar refractivity (Wildman–Crippen MR) is 122 cm³/mol. The van der Waals surface area contributed by atoms with Crippen LogP contribution in [0.1, 0.15) is 19.4 Å². The lowest BCUT2D eigenvalue weighted by atomic mass is 10.0. The summed E-state index contributed by atoms with van der Waals surface area (Å²) in [6, 6.07) is 7.99. The molecule has 1 saturated heterocycles. The summed E-state index contributed by atoms with van der Waals surface area (Å²) < 4.78 is 0. The van der Waals surface area contributed by atoms with Crippen molar-refractivity contribution in [1.29, 1.82) is 0 Å². The van der Waals surface area contributed by atoms with E-state index in [1.54, 1.807) is 49.1 Å². The van der Waals surface area contributed by atoms with Gasteiger partial charge in [0.05, 0.1) is 25.1 Å². The number of anilines is 3. The van der Waals surface area contributed by atoms with E-state index in [0.29, 0.717) is 28.0 Å². The average molecular weight is 439 g/mol. The molecule has 160 valence electrons. The second kappa shape index (κ2) is 8.67. The molecule has 1 aromatic heterocycles. The van der Waals surface area contributed by atoms with Crippen LogP contribution in [-0.2, 0) is 4.79 Å². The summed E-state index contributed by atoms with van der Waals surface area (Å²) in [5.74, 6) is 0.119. The molecular formula is C21H22N6O3S. The Balaban J connectivity index is 1.87. The Bertz CT molecular complexity index is 1080. The molecule has 3 amide bonds. The van der Waals surface area contributed by atoms with Gasteiger partial charge in [-0.05, 0) is 62.8 Å². The molecule has 0 radical (unpaired) electrons. The highest BCUT2D eigenvalue weighted by Crippen LogP contribution is 2.37. The number of aromatic nitrogens is 1. The van der Waals surface area contributed by atoms with Crippen LogP contribution in [0, 0.1) is 13.5 Å². The van der Waals surface area contributed by atoms with Gasteiger partial charge in [-0.15, -0.1) is 0 Å². The summed E-state index contributed by atoms with van der Waals surface area (Å²) in [5, 5.41) is 14.1. The number of hydrogen-bond acceptors (Lipinski definition) is 5. The highest BCUT2D eigenvalue weighted by molar-refractivity contribution is 7.81. The zero-order chi connectivity index (χ0) is 22.8. The van der Waals surface area contributed by atoms with E-state index < -0.39 is 11.6 Å². The minimum absolute atomic E-state index is 0.133. The van der Waals surface area contributed by atoms with Gasteiger partial charge in [-0.3, -0.25) is 15.0 Å². The maximum atomic E-state index is 13.2. The fourth-order valence-corrected chi connectivity index (χ4v) is 3.80. The van der Waals surface area contributed by atoms with E-state index in [0.717, 1.165) is 5.56 Å². The topological polar surface area (TPSA) is 102 Å². The number of carbonyl (C=O) groups is 2. The molecule has 0 unspecified atom stereocenters. The lowest BCUT2D eigenvalue weighted by molar-refractivity contribution is -0.120. The van der Waals surface area contributed by atoms with Gasteiger partial charge < -0.3 is 15.3 Å². The summed E-state index contributed by atoms with van der Waals surface area (Å²) >= 11 is 5.65. The molecule has 3 rings (SSSR count). The van der Waals surface area contributed by atoms with Crippen LogP contribution in [0.25, 0.3) is 4.85 Å². The third-order valence-electron chi connectivity index (χ3n) is 4.87. The number of benzene rings is 1. The number of pyridine rings is 1. The first-order valence-electron chi connectivity index (χ1n) is 9.49. The lowest BCUT2D eigenvalue weighted by Gasteiger charge is -2.29. The Kier molecular flexibility index (Phi) is 6.19. The van der Waals surface area contributed by atoms with E-state index in [9.17, 15) is 9.59 Å². The normalized spacial score (nSPS) is 15.1. The van der Waals surface area contributed by atoms with Gasteiger partial charge in [-0.1, -0.05) is 6.07 Å². The third-order valence-corrected chi connectivity index (χ3v) is 5.24. The maximum absolute atomic E-state index is 13.2. The largest absolute Gasteiger partial charge is 0.395 e. The quantitative estimate of drug-likeness (QED) is 0.490. The smallest absolute Gasteiger partial charge is 0.320 e. The van der Waals surface area contributed by atoms with Gasteiger partial charge in [0.15, 0.2) is 10.8 Å². The van der Waals surface area contributed by atoms with Crippen molar-refractivity contribution in [3.8, 4) is 0 Å². The lowest BCUT2D eigenvalue weighted by Crippen LogP contribution is -2.44. The van der Waals surface area contributed by atoms with E-state index in [4.69, 9.17) is 23.9 Å². The monoisotopic (exact) mass is 438 g/mol. The number of nitrogens with one attached hydrogen (secondary N) is 2. The van der Waals surface area contributed by atoms with Crippen molar-refractivity contribution in [3.63, 3.8) is 0 Å². The van der Waals surface area contributed by atoms with Crippen molar-refractivity contribution in [2.75, 3.05) is 28.3 Å². The van der Waals surface area contributed by atoms with Gasteiger partial charge in [0.1, 0.15) is 11.4 Å². The molecular weight excluding hydrogens is 416 g/mol. The molecule has 10 heteroatoms. The first-order valence-corrected chi connectivity index (χ1v) is 9.90. The molecule has 3 N–H and O–H groups in total. The van der Waals surface area contributed by atoms with Crippen molar-refractivity contribution in [2.45, 2.75) is 26.3 Å². The van der Waals surface area contributed by atoms with Crippen LogP contribution in [0.3, 0.4) is 0 Å². The summed E-state index contributed by atoms with van der Waals surface area (Å²) in [6.07, 6.45) is 1.53. The number of urea groups is 1. The van der Waals surface area contributed by atoms with Crippen LogP contribution in [-0.4, -0.2) is 45.8 Å². The van der Waals surface area contributed by atoms with Gasteiger partial charge in [0.2, 0.25) is 0 Å². The van der Waals surface area contributed by atoms with Crippen molar-refractivity contribution >= 4 is 52.1 Å². The molecule has 1 aliphatic rings. The van der Waals surface area contributed by atoms with Gasteiger partial charge in [0.25, 0.3) is 5.91 Å². The minimum atomic E-state index is -0.960. The van der Waals surface area contributed by atoms with Crippen LogP contribution >= 0.6 is 12.2 Å². The van der Waals surface area contributed by atoms with Crippen LogP contribution < -0.4 is 20.4 Å². The Hall–Kier alpha value is -3.55. The number of hydrogen-bond donors (Lipinski definition) is 3. The van der Waals surface area contributed by atoms with Crippen molar-refractivity contribution < 1.29 is 14.7 Å². The Morgan fingerprint density at radius 3 is 2.58 bits per heavy atom. The Morgan fingerprint density at radius 2 is 2.00 bits per heavy atom. The molecule has 31 heavy (non-hydrogen) atoms. The average Bonchev–Trinajstić information content (AvgIpc) is 2.91. The van der Waals surface area contributed by atoms with Crippen LogP contribution in [0.4, 0.5) is 27.7 Å². The molecule has 1 fully saturated rings. The number of aliphatic hydroxyl groups is 1. The SMILES string of the molecule is [C-]#[N+]c1ccc(N2C(=O)C(C)(C)N(c3ccc(NC(=O)NCCO)nc3)C2=S)cc1C. The molecule has 1 aromatic carbocycles. The van der Waals surface area contributed by atoms with Gasteiger partial charge >= 0.3 is 6.03 Å². The van der Waals surface area contributed by atoms with Crippen molar-refractivity contribution in [2.24, 2.45) is 0 Å². The van der Waals surface area contributed by atoms with E-state index in [-0.39, 0.29) is 19.1 Å². The number of rotatable bonds is 5. The number of aliphatic hydroxyl groups excluding tert-OH is 1. The highest BCUT2D eigenvalue weighted by atomic mass is 32.1. The molecule has 0 bridgehead atoms. The van der Waals surface area contributed by atoms with Crippen LogP contribution in [0.5, 0.6) is 0 Å². The van der Waals surface area contributed by atoms with E-state index >= 15 is 0 Å².